The average molecular weight is 476 g/mol. The number of hydrogen-bond donors (Lipinski definition) is 1. The molecule has 180 valence electrons. The number of esters is 1. The average Bonchev–Trinajstić information content (AvgIpc) is 3.22. The zero-order valence-corrected chi connectivity index (χ0v) is 19.0. The molecule has 1 aliphatic rings. The zero-order chi connectivity index (χ0) is 23.2. The summed E-state index contributed by atoms with van der Waals surface area (Å²) in [5, 5.41) is 2.98. The second-order valence-corrected chi connectivity index (χ2v) is 7.55. The minimum atomic E-state index is -0.826. The number of carbonyl (C=O) groups is 2. The first-order chi connectivity index (χ1) is 15.5. The summed E-state index contributed by atoms with van der Waals surface area (Å²) in [7, 11) is 0. The predicted octanol–water partition coefficient (Wildman–Crippen LogP) is 1.01. The van der Waals surface area contributed by atoms with Gasteiger partial charge in [-0.3, -0.25) is 9.36 Å². The molecule has 2 unspecified atom stereocenters. The minimum Gasteiger partial charge on any atom is -0.463 e. The van der Waals surface area contributed by atoms with Gasteiger partial charge in [0.2, 0.25) is 0 Å². The van der Waals surface area contributed by atoms with E-state index in [0.717, 1.165) is 0 Å². The van der Waals surface area contributed by atoms with E-state index in [1.165, 1.54) is 23.3 Å². The Morgan fingerprint density at radius 1 is 1.16 bits per heavy atom. The lowest BCUT2D eigenvalue weighted by Crippen LogP contribution is -2.29. The van der Waals surface area contributed by atoms with Crippen LogP contribution in [0, 0.1) is 0 Å². The van der Waals surface area contributed by atoms with Crippen LogP contribution in [0.5, 0.6) is 0 Å². The summed E-state index contributed by atoms with van der Waals surface area (Å²) in [5.74, 6) is 0.689. The van der Waals surface area contributed by atoms with Gasteiger partial charge in [-0.25, -0.2) is 9.59 Å². The summed E-state index contributed by atoms with van der Waals surface area (Å²) >= 11 is 1.43. The Hall–Kier alpha value is -2.35. The molecule has 32 heavy (non-hydrogen) atoms. The third-order valence-corrected chi connectivity index (χ3v) is 5.02. The van der Waals surface area contributed by atoms with Crippen molar-refractivity contribution >= 4 is 29.7 Å². The van der Waals surface area contributed by atoms with Crippen LogP contribution in [0.2, 0.25) is 0 Å². The Morgan fingerprint density at radius 2 is 1.84 bits per heavy atom. The Bertz CT molecular complexity index is 777. The van der Waals surface area contributed by atoms with Crippen LogP contribution in [-0.2, 0) is 33.2 Å². The molecule has 1 aromatic rings. The molecule has 13 heteroatoms. The number of hydrogen-bond acceptors (Lipinski definition) is 12. The molecule has 2 rings (SSSR count). The van der Waals surface area contributed by atoms with Gasteiger partial charge in [-0.1, -0.05) is 0 Å². The molecule has 1 fully saturated rings. The van der Waals surface area contributed by atoms with Gasteiger partial charge in [0.15, 0.2) is 0 Å². The fourth-order valence-electron chi connectivity index (χ4n) is 2.52. The van der Waals surface area contributed by atoms with E-state index in [0.29, 0.717) is 37.9 Å². The first-order valence-corrected chi connectivity index (χ1v) is 11.2. The lowest BCUT2D eigenvalue weighted by Gasteiger charge is -2.15. The monoisotopic (exact) mass is 475 g/mol. The molecule has 1 aliphatic heterocycles. The van der Waals surface area contributed by atoms with E-state index in [2.05, 4.69) is 10.3 Å². The number of aromatic nitrogens is 2. The second kappa shape index (κ2) is 14.7. The van der Waals surface area contributed by atoms with Crippen molar-refractivity contribution in [2.24, 2.45) is 0 Å². The maximum absolute atomic E-state index is 12.1. The summed E-state index contributed by atoms with van der Waals surface area (Å²) in [6, 6.07) is 1.71. The van der Waals surface area contributed by atoms with Gasteiger partial charge < -0.3 is 33.7 Å². The molecule has 0 aliphatic carbocycles. The maximum Gasteiger partial charge on any atom is 0.508 e. The molecule has 0 spiro atoms. The van der Waals surface area contributed by atoms with Crippen molar-refractivity contribution in [3.05, 3.63) is 22.7 Å². The topological polar surface area (TPSA) is 136 Å². The number of ether oxygens (including phenoxy) is 6. The molecule has 12 nitrogen and oxygen atoms in total. The highest BCUT2D eigenvalue weighted by Gasteiger charge is 2.29. The zero-order valence-electron chi connectivity index (χ0n) is 18.2. The van der Waals surface area contributed by atoms with Gasteiger partial charge in [0.1, 0.15) is 37.3 Å². The molecule has 0 bridgehead atoms. The summed E-state index contributed by atoms with van der Waals surface area (Å²) in [4.78, 5) is 38.3. The fraction of sp³-hybridized carbons (Fsp3) is 0.684. The van der Waals surface area contributed by atoms with Crippen LogP contribution in [0.3, 0.4) is 0 Å². The molecule has 2 heterocycles. The lowest BCUT2D eigenvalue weighted by molar-refractivity contribution is -0.142. The molecule has 0 amide bonds. The number of nitrogens with zero attached hydrogens (tertiary/aromatic N) is 2. The minimum absolute atomic E-state index is 0.00527. The molecule has 0 aromatic carbocycles. The van der Waals surface area contributed by atoms with Crippen molar-refractivity contribution in [2.45, 2.75) is 25.5 Å². The van der Waals surface area contributed by atoms with E-state index >= 15 is 0 Å². The molecule has 1 N–H and O–H groups in total. The van der Waals surface area contributed by atoms with Crippen molar-refractivity contribution in [3.8, 4) is 0 Å². The third-order valence-electron chi connectivity index (χ3n) is 3.92. The number of rotatable bonds is 14. The Labute approximate surface area is 189 Å². The normalized spacial score (nSPS) is 17.7. The smallest absolute Gasteiger partial charge is 0.463 e. The first kappa shape index (κ1) is 25.9. The van der Waals surface area contributed by atoms with Crippen molar-refractivity contribution in [1.82, 2.24) is 9.55 Å². The first-order valence-electron chi connectivity index (χ1n) is 10.2. The maximum atomic E-state index is 12.1. The van der Waals surface area contributed by atoms with Crippen LogP contribution in [0.15, 0.2) is 17.1 Å². The summed E-state index contributed by atoms with van der Waals surface area (Å²) < 4.78 is 32.3. The Kier molecular flexibility index (Phi) is 11.9. The number of thioether (sulfide) groups is 1. The van der Waals surface area contributed by atoms with E-state index in [4.69, 9.17) is 28.4 Å². The highest BCUT2D eigenvalue weighted by molar-refractivity contribution is 8.00. The van der Waals surface area contributed by atoms with Gasteiger partial charge in [-0.15, -0.1) is 11.8 Å². The molecule has 1 aromatic heterocycles. The van der Waals surface area contributed by atoms with Crippen LogP contribution in [0.4, 0.5) is 10.6 Å². The van der Waals surface area contributed by atoms with Crippen LogP contribution in [0.25, 0.3) is 0 Å². The SMILES string of the molecule is CCNc1ccn(C2CSC(COC(=O)OCCOCCOCCOC(C)=O)O2)c(=O)n1. The number of nitrogens with one attached hydrogen (secondary N) is 1. The van der Waals surface area contributed by atoms with Gasteiger partial charge in [0.05, 0.1) is 26.4 Å². The standard InChI is InChI=1S/C19H29N3O9S/c1-3-20-15-4-5-22(18(24)21-15)16-13-32-17(31-16)12-30-19(25)29-11-9-27-7-6-26-8-10-28-14(2)23/h4-5,16-17H,3,6-13H2,1-2H3,(H,20,21,24). The largest absolute Gasteiger partial charge is 0.508 e. The quantitative estimate of drug-likeness (QED) is 0.304. The fourth-order valence-corrected chi connectivity index (χ4v) is 3.51. The van der Waals surface area contributed by atoms with Crippen LogP contribution < -0.4 is 11.0 Å². The van der Waals surface area contributed by atoms with Gasteiger partial charge in [0, 0.05) is 25.4 Å². The molecule has 2 atom stereocenters. The van der Waals surface area contributed by atoms with Gasteiger partial charge in [-0.05, 0) is 13.0 Å². The van der Waals surface area contributed by atoms with Gasteiger partial charge in [0.25, 0.3) is 0 Å². The van der Waals surface area contributed by atoms with Crippen LogP contribution in [-0.4, -0.2) is 85.7 Å². The Morgan fingerprint density at radius 3 is 2.50 bits per heavy atom. The van der Waals surface area contributed by atoms with Gasteiger partial charge in [-0.2, -0.15) is 4.98 Å². The molecule has 0 saturated carbocycles. The van der Waals surface area contributed by atoms with Crippen molar-refractivity contribution < 1.29 is 38.0 Å². The van der Waals surface area contributed by atoms with Crippen molar-refractivity contribution in [1.29, 1.82) is 0 Å². The lowest BCUT2D eigenvalue weighted by atomic mass is 10.5. The van der Waals surface area contributed by atoms with Gasteiger partial charge >= 0.3 is 17.8 Å². The van der Waals surface area contributed by atoms with E-state index in [-0.39, 0.29) is 32.4 Å². The molecular formula is C19H29N3O9S. The predicted molar refractivity (Wildman–Crippen MR) is 115 cm³/mol. The van der Waals surface area contributed by atoms with E-state index in [9.17, 15) is 14.4 Å². The Balaban J connectivity index is 1.52. The molecule has 1 saturated heterocycles. The van der Waals surface area contributed by atoms with Crippen molar-refractivity contribution in [3.63, 3.8) is 0 Å². The molecular weight excluding hydrogens is 446 g/mol. The molecule has 0 radical (unpaired) electrons. The van der Waals surface area contributed by atoms with E-state index < -0.39 is 23.5 Å². The van der Waals surface area contributed by atoms with Crippen LogP contribution in [0.1, 0.15) is 20.1 Å². The second-order valence-electron chi connectivity index (χ2n) is 6.36. The van der Waals surface area contributed by atoms with E-state index in [1.54, 1.807) is 12.3 Å². The highest BCUT2D eigenvalue weighted by Crippen LogP contribution is 2.31. The summed E-state index contributed by atoms with van der Waals surface area (Å²) in [6.07, 6.45) is 0.318. The third kappa shape index (κ3) is 9.85. The number of carbonyl (C=O) groups excluding carboxylic acids is 2. The van der Waals surface area contributed by atoms with Crippen LogP contribution >= 0.6 is 11.8 Å². The summed E-state index contributed by atoms with van der Waals surface area (Å²) in [5.41, 5.74) is -0.821. The summed E-state index contributed by atoms with van der Waals surface area (Å²) in [6.45, 7) is 5.27. The highest BCUT2D eigenvalue weighted by atomic mass is 32.2. The number of anilines is 1. The van der Waals surface area contributed by atoms with E-state index in [1.807, 2.05) is 6.92 Å². The van der Waals surface area contributed by atoms with Crippen molar-refractivity contribution in [2.75, 3.05) is 63.9 Å².